The number of benzene rings is 3. The monoisotopic (exact) mass is 464 g/mol. The number of halogens is 2. The Labute approximate surface area is 198 Å². The third kappa shape index (κ3) is 7.29. The summed E-state index contributed by atoms with van der Waals surface area (Å²) in [5.74, 6) is -0.844. The second kappa shape index (κ2) is 12.0. The molecule has 170 valence electrons. The maximum atomic E-state index is 13.5. The Morgan fingerprint density at radius 3 is 2.21 bits per heavy atom. The standard InChI is InChI=1S/C27H26ClFN2O2/c1-2-16-30-27(33)25(17-20-6-4-3-5-7-20)31(19-22-10-14-24(29)15-11-22)26(32)18-21-8-12-23(28)13-9-21/h2-15,25H,1,16-19H2,(H,30,33)/t25-/m0/s1. The van der Waals surface area contributed by atoms with Crippen LogP contribution < -0.4 is 5.32 Å². The van der Waals surface area contributed by atoms with E-state index >= 15 is 0 Å². The highest BCUT2D eigenvalue weighted by Gasteiger charge is 2.30. The van der Waals surface area contributed by atoms with Crippen LogP contribution >= 0.6 is 11.6 Å². The third-order valence-corrected chi connectivity index (χ3v) is 5.48. The van der Waals surface area contributed by atoms with Crippen LogP contribution in [0, 0.1) is 5.82 Å². The normalized spacial score (nSPS) is 11.5. The van der Waals surface area contributed by atoms with Crippen molar-refractivity contribution in [1.82, 2.24) is 10.2 Å². The van der Waals surface area contributed by atoms with Crippen LogP contribution in [-0.4, -0.2) is 29.3 Å². The smallest absolute Gasteiger partial charge is 0.243 e. The minimum Gasteiger partial charge on any atom is -0.351 e. The molecule has 0 heterocycles. The highest BCUT2D eigenvalue weighted by molar-refractivity contribution is 6.30. The maximum absolute atomic E-state index is 13.5. The van der Waals surface area contributed by atoms with E-state index in [1.807, 2.05) is 30.3 Å². The summed E-state index contributed by atoms with van der Waals surface area (Å²) >= 11 is 5.97. The first-order chi connectivity index (χ1) is 16.0. The predicted molar refractivity (Wildman–Crippen MR) is 129 cm³/mol. The number of hydrogen-bond acceptors (Lipinski definition) is 2. The molecule has 0 saturated heterocycles. The summed E-state index contributed by atoms with van der Waals surface area (Å²) in [6.07, 6.45) is 2.05. The van der Waals surface area contributed by atoms with E-state index in [2.05, 4.69) is 11.9 Å². The molecule has 0 saturated carbocycles. The fourth-order valence-corrected chi connectivity index (χ4v) is 3.64. The molecule has 0 spiro atoms. The summed E-state index contributed by atoms with van der Waals surface area (Å²) in [7, 11) is 0. The van der Waals surface area contributed by atoms with Crippen molar-refractivity contribution < 1.29 is 14.0 Å². The van der Waals surface area contributed by atoms with Gasteiger partial charge in [0, 0.05) is 24.5 Å². The zero-order valence-electron chi connectivity index (χ0n) is 18.2. The molecule has 33 heavy (non-hydrogen) atoms. The quantitative estimate of drug-likeness (QED) is 0.431. The fourth-order valence-electron chi connectivity index (χ4n) is 3.51. The molecule has 0 aliphatic heterocycles. The van der Waals surface area contributed by atoms with Gasteiger partial charge in [0.2, 0.25) is 11.8 Å². The van der Waals surface area contributed by atoms with E-state index in [4.69, 9.17) is 11.6 Å². The molecule has 0 aliphatic carbocycles. The average molecular weight is 465 g/mol. The van der Waals surface area contributed by atoms with E-state index in [1.54, 1.807) is 47.4 Å². The summed E-state index contributed by atoms with van der Waals surface area (Å²) in [5, 5.41) is 3.41. The Morgan fingerprint density at radius 1 is 0.939 bits per heavy atom. The van der Waals surface area contributed by atoms with Crippen LogP contribution in [0.15, 0.2) is 91.5 Å². The molecule has 1 atom stereocenters. The molecule has 1 N–H and O–H groups in total. The molecule has 0 aromatic heterocycles. The van der Waals surface area contributed by atoms with Crippen molar-refractivity contribution in [3.05, 3.63) is 119 Å². The van der Waals surface area contributed by atoms with Gasteiger partial charge in [0.15, 0.2) is 0 Å². The minimum atomic E-state index is -0.753. The first kappa shape index (κ1) is 24.2. The number of amides is 2. The molecule has 0 bridgehead atoms. The topological polar surface area (TPSA) is 49.4 Å². The van der Waals surface area contributed by atoms with Crippen LogP contribution in [-0.2, 0) is 29.0 Å². The summed E-state index contributed by atoms with van der Waals surface area (Å²) in [6, 6.07) is 21.8. The van der Waals surface area contributed by atoms with Gasteiger partial charge in [0.25, 0.3) is 0 Å². The largest absolute Gasteiger partial charge is 0.351 e. The van der Waals surface area contributed by atoms with Gasteiger partial charge in [-0.15, -0.1) is 6.58 Å². The van der Waals surface area contributed by atoms with Gasteiger partial charge in [-0.1, -0.05) is 72.3 Å². The number of carbonyl (C=O) groups is 2. The van der Waals surface area contributed by atoms with E-state index in [-0.39, 0.29) is 30.6 Å². The van der Waals surface area contributed by atoms with Crippen molar-refractivity contribution in [1.29, 1.82) is 0 Å². The van der Waals surface area contributed by atoms with Crippen molar-refractivity contribution in [2.75, 3.05) is 6.54 Å². The highest BCUT2D eigenvalue weighted by atomic mass is 35.5. The highest BCUT2D eigenvalue weighted by Crippen LogP contribution is 2.18. The second-order valence-corrected chi connectivity index (χ2v) is 8.13. The van der Waals surface area contributed by atoms with Gasteiger partial charge in [-0.2, -0.15) is 0 Å². The van der Waals surface area contributed by atoms with Gasteiger partial charge < -0.3 is 10.2 Å². The number of nitrogens with one attached hydrogen (secondary N) is 1. The molecule has 0 unspecified atom stereocenters. The number of carbonyl (C=O) groups excluding carboxylic acids is 2. The molecule has 3 aromatic rings. The van der Waals surface area contributed by atoms with E-state index in [0.29, 0.717) is 18.0 Å². The zero-order valence-corrected chi connectivity index (χ0v) is 19.0. The first-order valence-corrected chi connectivity index (χ1v) is 11.0. The Kier molecular flexibility index (Phi) is 8.79. The zero-order chi connectivity index (χ0) is 23.6. The molecule has 2 amide bonds. The SMILES string of the molecule is C=CCNC(=O)[C@H](Cc1ccccc1)N(Cc1ccc(F)cc1)C(=O)Cc1ccc(Cl)cc1. The molecule has 0 radical (unpaired) electrons. The van der Waals surface area contributed by atoms with Crippen LogP contribution in [0.1, 0.15) is 16.7 Å². The molecule has 4 nitrogen and oxygen atoms in total. The lowest BCUT2D eigenvalue weighted by Crippen LogP contribution is -2.51. The predicted octanol–water partition coefficient (Wildman–Crippen LogP) is 4.96. The lowest BCUT2D eigenvalue weighted by atomic mass is 10.0. The second-order valence-electron chi connectivity index (χ2n) is 7.69. The lowest BCUT2D eigenvalue weighted by molar-refractivity contribution is -0.140. The number of rotatable bonds is 10. The summed E-state index contributed by atoms with van der Waals surface area (Å²) in [4.78, 5) is 28.2. The van der Waals surface area contributed by atoms with E-state index in [1.165, 1.54) is 12.1 Å². The third-order valence-electron chi connectivity index (χ3n) is 5.23. The van der Waals surface area contributed by atoms with Gasteiger partial charge in [-0.25, -0.2) is 4.39 Å². The Balaban J connectivity index is 1.94. The van der Waals surface area contributed by atoms with Gasteiger partial charge in [0.05, 0.1) is 6.42 Å². The molecule has 3 aromatic carbocycles. The van der Waals surface area contributed by atoms with Crippen molar-refractivity contribution in [2.45, 2.75) is 25.4 Å². The van der Waals surface area contributed by atoms with Crippen molar-refractivity contribution in [2.24, 2.45) is 0 Å². The molecular formula is C27H26ClFN2O2. The van der Waals surface area contributed by atoms with Crippen LogP contribution in [0.3, 0.4) is 0 Å². The van der Waals surface area contributed by atoms with Gasteiger partial charge >= 0.3 is 0 Å². The first-order valence-electron chi connectivity index (χ1n) is 10.7. The number of nitrogens with zero attached hydrogens (tertiary/aromatic N) is 1. The van der Waals surface area contributed by atoms with Crippen molar-refractivity contribution in [3.63, 3.8) is 0 Å². The molecule has 0 fully saturated rings. The Hall–Kier alpha value is -3.44. The molecular weight excluding hydrogens is 439 g/mol. The molecule has 0 aliphatic rings. The molecule has 6 heteroatoms. The van der Waals surface area contributed by atoms with E-state index in [9.17, 15) is 14.0 Å². The van der Waals surface area contributed by atoms with Crippen LogP contribution in [0.4, 0.5) is 4.39 Å². The average Bonchev–Trinajstić information content (AvgIpc) is 2.83. The van der Waals surface area contributed by atoms with E-state index in [0.717, 1.165) is 16.7 Å². The fraction of sp³-hybridized carbons (Fsp3) is 0.185. The lowest BCUT2D eigenvalue weighted by Gasteiger charge is -2.31. The summed E-state index contributed by atoms with van der Waals surface area (Å²) in [6.45, 7) is 4.12. The van der Waals surface area contributed by atoms with Gasteiger partial charge in [-0.3, -0.25) is 9.59 Å². The minimum absolute atomic E-state index is 0.110. The van der Waals surface area contributed by atoms with Crippen molar-refractivity contribution >= 4 is 23.4 Å². The number of hydrogen-bond donors (Lipinski definition) is 1. The Bertz CT molecular complexity index is 1070. The van der Waals surface area contributed by atoms with Crippen molar-refractivity contribution in [3.8, 4) is 0 Å². The maximum Gasteiger partial charge on any atom is 0.243 e. The van der Waals surface area contributed by atoms with Gasteiger partial charge in [0.1, 0.15) is 11.9 Å². The molecule has 3 rings (SSSR count). The van der Waals surface area contributed by atoms with Crippen LogP contribution in [0.5, 0.6) is 0 Å². The van der Waals surface area contributed by atoms with Gasteiger partial charge in [-0.05, 0) is 41.0 Å². The summed E-state index contributed by atoms with van der Waals surface area (Å²) < 4.78 is 13.5. The summed E-state index contributed by atoms with van der Waals surface area (Å²) in [5.41, 5.74) is 2.45. The van der Waals surface area contributed by atoms with Crippen LogP contribution in [0.2, 0.25) is 5.02 Å². The van der Waals surface area contributed by atoms with E-state index < -0.39 is 6.04 Å². The van der Waals surface area contributed by atoms with Crippen LogP contribution in [0.25, 0.3) is 0 Å². The Morgan fingerprint density at radius 2 is 1.58 bits per heavy atom.